The van der Waals surface area contributed by atoms with Crippen LogP contribution in [0.3, 0.4) is 0 Å². The van der Waals surface area contributed by atoms with E-state index in [9.17, 15) is 4.39 Å². The fourth-order valence-corrected chi connectivity index (χ4v) is 2.52. The molecule has 1 aromatic carbocycles. The number of rotatable bonds is 3. The van der Waals surface area contributed by atoms with Crippen LogP contribution in [0.5, 0.6) is 0 Å². The number of nitrogens with zero attached hydrogens (tertiary/aromatic N) is 1. The molecule has 3 nitrogen and oxygen atoms in total. The van der Waals surface area contributed by atoms with Crippen LogP contribution in [0.4, 0.5) is 4.39 Å². The van der Waals surface area contributed by atoms with Gasteiger partial charge in [0.25, 0.3) is 0 Å². The predicted molar refractivity (Wildman–Crippen MR) is 68.3 cm³/mol. The first kappa shape index (κ1) is 11.7. The molecule has 0 amide bonds. The van der Waals surface area contributed by atoms with Gasteiger partial charge in [-0.25, -0.2) is 4.39 Å². The molecule has 2 unspecified atom stereocenters. The Morgan fingerprint density at radius 1 is 1.33 bits per heavy atom. The van der Waals surface area contributed by atoms with Crippen molar-refractivity contribution in [1.82, 2.24) is 5.32 Å². The standard InChI is InChI=1S/C14H17FN2O/c15-12-3-1-10(2-4-12)7-13-9-17-14(18-13)11-5-6-16-8-11/h1-4,11,13,16H,5-9H2. The summed E-state index contributed by atoms with van der Waals surface area (Å²) in [4.78, 5) is 4.49. The molecular weight excluding hydrogens is 231 g/mol. The SMILES string of the molecule is Fc1ccc(CC2CN=C(C3CCNC3)O2)cc1. The number of hydrogen-bond acceptors (Lipinski definition) is 3. The highest BCUT2D eigenvalue weighted by Crippen LogP contribution is 2.19. The highest BCUT2D eigenvalue weighted by Gasteiger charge is 2.28. The van der Waals surface area contributed by atoms with Crippen molar-refractivity contribution in [3.8, 4) is 0 Å². The van der Waals surface area contributed by atoms with Gasteiger partial charge in [-0.15, -0.1) is 0 Å². The van der Waals surface area contributed by atoms with Gasteiger partial charge in [0.05, 0.1) is 6.54 Å². The molecule has 0 saturated carbocycles. The Bertz CT molecular complexity index is 438. The molecule has 0 radical (unpaired) electrons. The van der Waals surface area contributed by atoms with Gasteiger partial charge in [0.15, 0.2) is 5.90 Å². The molecular formula is C14H17FN2O. The molecule has 2 heterocycles. The summed E-state index contributed by atoms with van der Waals surface area (Å²) in [6.45, 7) is 2.75. The number of benzene rings is 1. The Morgan fingerprint density at radius 3 is 2.89 bits per heavy atom. The van der Waals surface area contributed by atoms with Crippen LogP contribution in [-0.2, 0) is 11.2 Å². The molecule has 1 aromatic rings. The van der Waals surface area contributed by atoms with Gasteiger partial charge in [-0.2, -0.15) is 0 Å². The second-order valence-electron chi connectivity index (χ2n) is 4.94. The maximum atomic E-state index is 12.8. The summed E-state index contributed by atoms with van der Waals surface area (Å²) in [6, 6.07) is 6.61. The third-order valence-corrected chi connectivity index (χ3v) is 3.52. The minimum atomic E-state index is -0.194. The van der Waals surface area contributed by atoms with E-state index < -0.39 is 0 Å². The summed E-state index contributed by atoms with van der Waals surface area (Å²) in [5.74, 6) is 1.16. The highest BCUT2D eigenvalue weighted by atomic mass is 19.1. The minimum absolute atomic E-state index is 0.117. The van der Waals surface area contributed by atoms with Crippen LogP contribution in [0.15, 0.2) is 29.3 Å². The Balaban J connectivity index is 1.55. The van der Waals surface area contributed by atoms with E-state index in [1.165, 1.54) is 12.1 Å². The number of halogens is 1. The second-order valence-corrected chi connectivity index (χ2v) is 4.94. The number of aliphatic imine (C=N–C) groups is 1. The molecule has 0 spiro atoms. The molecule has 4 heteroatoms. The summed E-state index contributed by atoms with van der Waals surface area (Å²) in [5, 5.41) is 3.32. The van der Waals surface area contributed by atoms with Crippen LogP contribution in [-0.4, -0.2) is 31.6 Å². The molecule has 1 fully saturated rings. The Hall–Kier alpha value is -1.42. The van der Waals surface area contributed by atoms with E-state index in [1.54, 1.807) is 0 Å². The molecule has 2 aliphatic heterocycles. The zero-order chi connectivity index (χ0) is 12.4. The second kappa shape index (κ2) is 5.06. The number of ether oxygens (including phenoxy) is 1. The van der Waals surface area contributed by atoms with Gasteiger partial charge in [-0.1, -0.05) is 12.1 Å². The van der Waals surface area contributed by atoms with Crippen LogP contribution < -0.4 is 5.32 Å². The van der Waals surface area contributed by atoms with E-state index in [2.05, 4.69) is 10.3 Å². The summed E-state index contributed by atoms with van der Waals surface area (Å²) in [5.41, 5.74) is 1.10. The van der Waals surface area contributed by atoms with E-state index >= 15 is 0 Å². The maximum Gasteiger partial charge on any atom is 0.188 e. The lowest BCUT2D eigenvalue weighted by Gasteiger charge is -2.14. The fourth-order valence-electron chi connectivity index (χ4n) is 2.52. The van der Waals surface area contributed by atoms with Gasteiger partial charge in [-0.05, 0) is 30.7 Å². The molecule has 1 N–H and O–H groups in total. The third kappa shape index (κ3) is 2.53. The molecule has 1 saturated heterocycles. The average molecular weight is 248 g/mol. The summed E-state index contributed by atoms with van der Waals surface area (Å²) in [7, 11) is 0. The normalized spacial score (nSPS) is 27.1. The van der Waals surface area contributed by atoms with E-state index in [-0.39, 0.29) is 11.9 Å². The molecule has 2 aliphatic rings. The van der Waals surface area contributed by atoms with Gasteiger partial charge in [0.1, 0.15) is 11.9 Å². The van der Waals surface area contributed by atoms with E-state index in [0.717, 1.165) is 43.9 Å². The van der Waals surface area contributed by atoms with Crippen LogP contribution in [0.1, 0.15) is 12.0 Å². The average Bonchev–Trinajstić information content (AvgIpc) is 3.02. The van der Waals surface area contributed by atoms with Gasteiger partial charge in [0, 0.05) is 18.9 Å². The monoisotopic (exact) mass is 248 g/mol. The Kier molecular flexibility index (Phi) is 3.28. The lowest BCUT2D eigenvalue weighted by Crippen LogP contribution is -2.22. The Labute approximate surface area is 106 Å². The van der Waals surface area contributed by atoms with Gasteiger partial charge in [-0.3, -0.25) is 4.99 Å². The summed E-state index contributed by atoms with van der Waals surface area (Å²) in [6.07, 6.45) is 2.03. The van der Waals surface area contributed by atoms with Crippen molar-refractivity contribution in [2.24, 2.45) is 10.9 Å². The van der Waals surface area contributed by atoms with Crippen molar-refractivity contribution in [1.29, 1.82) is 0 Å². The topological polar surface area (TPSA) is 33.6 Å². The summed E-state index contributed by atoms with van der Waals surface area (Å²) < 4.78 is 18.7. The quantitative estimate of drug-likeness (QED) is 0.884. The molecule has 2 atom stereocenters. The smallest absolute Gasteiger partial charge is 0.188 e. The lowest BCUT2D eigenvalue weighted by atomic mass is 10.1. The van der Waals surface area contributed by atoms with Crippen molar-refractivity contribution in [3.63, 3.8) is 0 Å². The fraction of sp³-hybridized carbons (Fsp3) is 0.500. The van der Waals surface area contributed by atoms with Crippen molar-refractivity contribution >= 4 is 5.90 Å². The van der Waals surface area contributed by atoms with Crippen molar-refractivity contribution < 1.29 is 9.13 Å². The minimum Gasteiger partial charge on any atom is -0.475 e. The van der Waals surface area contributed by atoms with Crippen molar-refractivity contribution in [3.05, 3.63) is 35.6 Å². The van der Waals surface area contributed by atoms with E-state index in [4.69, 9.17) is 4.74 Å². The molecule has 18 heavy (non-hydrogen) atoms. The lowest BCUT2D eigenvalue weighted by molar-refractivity contribution is 0.211. The first-order valence-corrected chi connectivity index (χ1v) is 6.47. The largest absolute Gasteiger partial charge is 0.475 e. The van der Waals surface area contributed by atoms with Crippen molar-refractivity contribution in [2.45, 2.75) is 18.9 Å². The van der Waals surface area contributed by atoms with Gasteiger partial charge >= 0.3 is 0 Å². The van der Waals surface area contributed by atoms with E-state index in [0.29, 0.717) is 5.92 Å². The number of hydrogen-bond donors (Lipinski definition) is 1. The van der Waals surface area contributed by atoms with Crippen LogP contribution in [0.2, 0.25) is 0 Å². The number of nitrogens with one attached hydrogen (secondary N) is 1. The molecule has 0 bridgehead atoms. The van der Waals surface area contributed by atoms with E-state index in [1.807, 2.05) is 12.1 Å². The van der Waals surface area contributed by atoms with Crippen LogP contribution in [0.25, 0.3) is 0 Å². The first-order chi connectivity index (χ1) is 8.81. The molecule has 0 aromatic heterocycles. The molecule has 0 aliphatic carbocycles. The first-order valence-electron chi connectivity index (χ1n) is 6.47. The highest BCUT2D eigenvalue weighted by molar-refractivity contribution is 5.80. The third-order valence-electron chi connectivity index (χ3n) is 3.52. The summed E-state index contributed by atoms with van der Waals surface area (Å²) >= 11 is 0. The maximum absolute atomic E-state index is 12.8. The molecule has 3 rings (SSSR count). The predicted octanol–water partition coefficient (Wildman–Crippen LogP) is 1.77. The zero-order valence-corrected chi connectivity index (χ0v) is 10.2. The van der Waals surface area contributed by atoms with Gasteiger partial charge in [0.2, 0.25) is 0 Å². The van der Waals surface area contributed by atoms with Crippen molar-refractivity contribution in [2.75, 3.05) is 19.6 Å². The Morgan fingerprint density at radius 2 is 2.17 bits per heavy atom. The van der Waals surface area contributed by atoms with Crippen LogP contribution in [0, 0.1) is 11.7 Å². The molecule has 96 valence electrons. The zero-order valence-electron chi connectivity index (χ0n) is 10.2. The van der Waals surface area contributed by atoms with Crippen LogP contribution >= 0.6 is 0 Å². The van der Waals surface area contributed by atoms with Gasteiger partial charge < -0.3 is 10.1 Å².